The molecule has 1 heterocycles. The molecule has 0 unspecified atom stereocenters. The van der Waals surface area contributed by atoms with Crippen molar-refractivity contribution < 1.29 is 4.74 Å². The largest absolute Gasteiger partial charge is 0.379 e. The van der Waals surface area contributed by atoms with Crippen molar-refractivity contribution in [3.8, 4) is 0 Å². The van der Waals surface area contributed by atoms with Crippen LogP contribution in [0.5, 0.6) is 0 Å². The van der Waals surface area contributed by atoms with Gasteiger partial charge in [0, 0.05) is 25.2 Å². The summed E-state index contributed by atoms with van der Waals surface area (Å²) >= 11 is 5.38. The minimum absolute atomic E-state index is 0.857. The number of hydrogen-bond acceptors (Lipinski definition) is 2. The van der Waals surface area contributed by atoms with Gasteiger partial charge in [0.2, 0.25) is 0 Å². The van der Waals surface area contributed by atoms with Gasteiger partial charge in [-0.2, -0.15) is 0 Å². The van der Waals surface area contributed by atoms with E-state index in [4.69, 9.17) is 16.3 Å². The molecule has 0 amide bonds. The van der Waals surface area contributed by atoms with Crippen LogP contribution < -0.4 is 0 Å². The Hall–Kier alpha value is -0.0500. The summed E-state index contributed by atoms with van der Waals surface area (Å²) in [5, 5.41) is 0. The fourth-order valence-corrected chi connectivity index (χ4v) is 1.05. The molecule has 1 saturated heterocycles. The Balaban J connectivity index is 2.13. The van der Waals surface area contributed by atoms with Crippen molar-refractivity contribution in [3.05, 3.63) is 11.6 Å². The fraction of sp³-hybridized carbons (Fsp3) is 0.714. The van der Waals surface area contributed by atoms with E-state index in [0.29, 0.717) is 0 Å². The molecule has 1 aliphatic heterocycles. The normalized spacial score (nSPS) is 22.1. The summed E-state index contributed by atoms with van der Waals surface area (Å²) in [7, 11) is 0. The van der Waals surface area contributed by atoms with Crippen LogP contribution in [0, 0.1) is 0 Å². The van der Waals surface area contributed by atoms with E-state index in [1.54, 1.807) is 5.54 Å². The average Bonchev–Trinajstić information content (AvgIpc) is 2.03. The van der Waals surface area contributed by atoms with Crippen molar-refractivity contribution >= 4 is 11.6 Å². The molecule has 1 aliphatic rings. The van der Waals surface area contributed by atoms with Crippen molar-refractivity contribution in [3.63, 3.8) is 0 Å². The van der Waals surface area contributed by atoms with E-state index in [1.807, 2.05) is 6.08 Å². The second-order valence-corrected chi connectivity index (χ2v) is 2.53. The zero-order valence-corrected chi connectivity index (χ0v) is 6.68. The molecule has 0 spiro atoms. The van der Waals surface area contributed by atoms with Crippen molar-refractivity contribution in [2.75, 3.05) is 32.8 Å². The van der Waals surface area contributed by atoms with E-state index in [1.165, 1.54) is 0 Å². The molecule has 1 fully saturated rings. The highest BCUT2D eigenvalue weighted by atomic mass is 35.5. The third-order valence-electron chi connectivity index (χ3n) is 1.56. The molecule has 0 aliphatic carbocycles. The first-order valence-electron chi connectivity index (χ1n) is 3.49. The molecular formula is C7H12ClNO. The van der Waals surface area contributed by atoms with E-state index in [-0.39, 0.29) is 0 Å². The lowest BCUT2D eigenvalue weighted by Gasteiger charge is -2.24. The maximum atomic E-state index is 5.38. The van der Waals surface area contributed by atoms with Crippen LogP contribution in [0.4, 0.5) is 0 Å². The fourth-order valence-electron chi connectivity index (χ4n) is 0.973. The molecule has 2 nitrogen and oxygen atoms in total. The predicted molar refractivity (Wildman–Crippen MR) is 42.3 cm³/mol. The molecule has 3 heteroatoms. The molecule has 0 saturated carbocycles. The molecule has 0 radical (unpaired) electrons. The summed E-state index contributed by atoms with van der Waals surface area (Å²) in [6.45, 7) is 4.72. The molecule has 58 valence electrons. The predicted octanol–water partition coefficient (Wildman–Crippen LogP) is 1.07. The number of halogens is 1. The van der Waals surface area contributed by atoms with Crippen LogP contribution in [0.15, 0.2) is 11.6 Å². The van der Waals surface area contributed by atoms with E-state index in [0.717, 1.165) is 32.8 Å². The van der Waals surface area contributed by atoms with Crippen LogP contribution in [0.1, 0.15) is 0 Å². The van der Waals surface area contributed by atoms with Gasteiger partial charge in [0.1, 0.15) is 0 Å². The molecule has 0 bridgehead atoms. The SMILES string of the molecule is Cl/C=C/CN1CCOCC1. The molecule has 10 heavy (non-hydrogen) atoms. The Morgan fingerprint density at radius 2 is 2.10 bits per heavy atom. The summed E-state index contributed by atoms with van der Waals surface area (Å²) in [4.78, 5) is 2.31. The lowest BCUT2D eigenvalue weighted by molar-refractivity contribution is 0.0434. The Morgan fingerprint density at radius 3 is 2.70 bits per heavy atom. The molecule has 0 atom stereocenters. The van der Waals surface area contributed by atoms with Crippen molar-refractivity contribution in [2.24, 2.45) is 0 Å². The average molecular weight is 162 g/mol. The second kappa shape index (κ2) is 4.72. The standard InChI is InChI=1S/C7H12ClNO/c8-2-1-3-9-4-6-10-7-5-9/h1-2H,3-7H2/b2-1+. The van der Waals surface area contributed by atoms with Crippen LogP contribution in [0.3, 0.4) is 0 Å². The van der Waals surface area contributed by atoms with E-state index in [9.17, 15) is 0 Å². The third kappa shape index (κ3) is 2.69. The lowest BCUT2D eigenvalue weighted by atomic mass is 10.4. The van der Waals surface area contributed by atoms with Crippen LogP contribution >= 0.6 is 11.6 Å². The summed E-state index contributed by atoms with van der Waals surface area (Å²) in [6.07, 6.45) is 1.95. The zero-order valence-electron chi connectivity index (χ0n) is 5.92. The third-order valence-corrected chi connectivity index (χ3v) is 1.73. The first-order valence-corrected chi connectivity index (χ1v) is 3.92. The maximum absolute atomic E-state index is 5.38. The van der Waals surface area contributed by atoms with Crippen LogP contribution in [0.25, 0.3) is 0 Å². The van der Waals surface area contributed by atoms with Gasteiger partial charge in [0.25, 0.3) is 0 Å². The first-order chi connectivity index (χ1) is 4.93. The van der Waals surface area contributed by atoms with Gasteiger partial charge in [0.05, 0.1) is 13.2 Å². The monoisotopic (exact) mass is 161 g/mol. The topological polar surface area (TPSA) is 12.5 Å². The molecule has 0 aromatic rings. The summed E-state index contributed by atoms with van der Waals surface area (Å²) in [5.74, 6) is 0. The number of nitrogens with zero attached hydrogens (tertiary/aromatic N) is 1. The van der Waals surface area contributed by atoms with Crippen LogP contribution in [-0.2, 0) is 4.74 Å². The summed E-state index contributed by atoms with van der Waals surface area (Å²) in [5.41, 5.74) is 1.56. The highest BCUT2D eigenvalue weighted by Crippen LogP contribution is 1.96. The van der Waals surface area contributed by atoms with E-state index < -0.39 is 0 Å². The highest BCUT2D eigenvalue weighted by molar-refractivity contribution is 6.25. The zero-order chi connectivity index (χ0) is 7.23. The van der Waals surface area contributed by atoms with Gasteiger partial charge in [-0.25, -0.2) is 0 Å². The Bertz CT molecular complexity index is 110. The molecule has 0 aromatic heterocycles. The molecular weight excluding hydrogens is 150 g/mol. The van der Waals surface area contributed by atoms with Crippen molar-refractivity contribution in [2.45, 2.75) is 0 Å². The number of hydrogen-bond donors (Lipinski definition) is 0. The first kappa shape index (κ1) is 8.05. The maximum Gasteiger partial charge on any atom is 0.0594 e. The lowest BCUT2D eigenvalue weighted by Crippen LogP contribution is -2.36. The summed E-state index contributed by atoms with van der Waals surface area (Å²) < 4.78 is 5.18. The number of rotatable bonds is 2. The van der Waals surface area contributed by atoms with E-state index >= 15 is 0 Å². The van der Waals surface area contributed by atoms with Gasteiger partial charge < -0.3 is 4.74 Å². The van der Waals surface area contributed by atoms with Gasteiger partial charge in [-0.15, -0.1) is 0 Å². The second-order valence-electron chi connectivity index (χ2n) is 2.27. The van der Waals surface area contributed by atoms with Crippen LogP contribution in [0.2, 0.25) is 0 Å². The van der Waals surface area contributed by atoms with Gasteiger partial charge in [-0.3, -0.25) is 4.90 Å². The minimum atomic E-state index is 0.857. The quantitative estimate of drug-likeness (QED) is 0.601. The Morgan fingerprint density at radius 1 is 1.40 bits per heavy atom. The van der Waals surface area contributed by atoms with E-state index in [2.05, 4.69) is 4.90 Å². The van der Waals surface area contributed by atoms with Crippen LogP contribution in [-0.4, -0.2) is 37.7 Å². The minimum Gasteiger partial charge on any atom is -0.379 e. The van der Waals surface area contributed by atoms with Crippen molar-refractivity contribution in [1.29, 1.82) is 0 Å². The molecule has 0 aromatic carbocycles. The number of ether oxygens (including phenoxy) is 1. The van der Waals surface area contributed by atoms with Crippen molar-refractivity contribution in [1.82, 2.24) is 4.90 Å². The smallest absolute Gasteiger partial charge is 0.0594 e. The van der Waals surface area contributed by atoms with Gasteiger partial charge >= 0.3 is 0 Å². The Labute approximate surface area is 66.4 Å². The summed E-state index contributed by atoms with van der Waals surface area (Å²) in [6, 6.07) is 0. The van der Waals surface area contributed by atoms with Gasteiger partial charge in [0.15, 0.2) is 0 Å². The molecule has 0 N–H and O–H groups in total. The van der Waals surface area contributed by atoms with Gasteiger partial charge in [-0.1, -0.05) is 17.7 Å². The van der Waals surface area contributed by atoms with Gasteiger partial charge in [-0.05, 0) is 0 Å². The number of morpholine rings is 1. The Kier molecular flexibility index (Phi) is 3.80. The molecule has 1 rings (SSSR count). The highest BCUT2D eigenvalue weighted by Gasteiger charge is 2.06.